The highest BCUT2D eigenvalue weighted by molar-refractivity contribution is 5.85. The van der Waals surface area contributed by atoms with Crippen LogP contribution in [0.2, 0.25) is 0 Å². The van der Waals surface area contributed by atoms with Gasteiger partial charge in [0.25, 0.3) is 0 Å². The van der Waals surface area contributed by atoms with Crippen LogP contribution < -0.4 is 17.2 Å². The number of aliphatic hydroxyl groups is 1. The molecule has 3 saturated carbocycles. The van der Waals surface area contributed by atoms with E-state index in [0.717, 1.165) is 56.0 Å². The van der Waals surface area contributed by atoms with Gasteiger partial charge < -0.3 is 21.8 Å². The standard InChI is InChI=1S/C24H40N2O.C2H4F3N.CH2O.H3N/c1-16(26-14-4-13-25)20-7-8-21-19-6-5-17-15-18(27)9-11-23(17,2)22(19)10-12-24(20,21)3;1-6-2(3,4)5;1-2;/h15,18-22,27H,4-14,25H2,1-3H3;6H,1H3;1H2;1H3. The summed E-state index contributed by atoms with van der Waals surface area (Å²) in [4.78, 5) is 12.9. The molecule has 0 aromatic heterocycles. The Morgan fingerprint density at radius 3 is 2.39 bits per heavy atom. The summed E-state index contributed by atoms with van der Waals surface area (Å²) < 4.78 is 32.0. The van der Waals surface area contributed by atoms with E-state index in [4.69, 9.17) is 15.5 Å². The zero-order valence-electron chi connectivity index (χ0n) is 22.7. The van der Waals surface area contributed by atoms with Gasteiger partial charge in [-0.2, -0.15) is 13.2 Å². The number of nitrogens with two attached hydrogens (primary N) is 1. The van der Waals surface area contributed by atoms with Crippen LogP contribution in [-0.2, 0) is 4.79 Å². The fraction of sp³-hybridized carbons (Fsp3) is 0.852. The number of nitrogens with zero attached hydrogens (tertiary/aromatic N) is 1. The van der Waals surface area contributed by atoms with Gasteiger partial charge in [0.2, 0.25) is 0 Å². The molecule has 4 rings (SSSR count). The van der Waals surface area contributed by atoms with Gasteiger partial charge in [-0.05, 0) is 107 Å². The molecule has 0 saturated heterocycles. The number of hydrogen-bond donors (Lipinski definition) is 4. The molecule has 0 aromatic carbocycles. The number of carbonyl (C=O) groups excluding carboxylic acids is 1. The maximum Gasteiger partial charge on any atom is 0.457 e. The van der Waals surface area contributed by atoms with Gasteiger partial charge in [0.05, 0.1) is 6.10 Å². The van der Waals surface area contributed by atoms with Gasteiger partial charge >= 0.3 is 6.30 Å². The molecule has 4 aliphatic rings. The Kier molecular flexibility index (Phi) is 12.3. The summed E-state index contributed by atoms with van der Waals surface area (Å²) in [6.07, 6.45) is 8.99. The Morgan fingerprint density at radius 2 is 1.81 bits per heavy atom. The molecule has 7 N–H and O–H groups in total. The van der Waals surface area contributed by atoms with E-state index in [1.54, 1.807) is 5.57 Å². The third-order valence-corrected chi connectivity index (χ3v) is 9.60. The van der Waals surface area contributed by atoms with Crippen molar-refractivity contribution in [2.24, 2.45) is 45.2 Å². The van der Waals surface area contributed by atoms with Crippen molar-refractivity contribution in [2.45, 2.75) is 91.0 Å². The van der Waals surface area contributed by atoms with E-state index in [2.05, 4.69) is 26.8 Å². The molecule has 0 aliphatic heterocycles. The molecule has 0 radical (unpaired) electrons. The van der Waals surface area contributed by atoms with Gasteiger partial charge in [-0.3, -0.25) is 4.99 Å². The molecule has 4 aliphatic carbocycles. The third kappa shape index (κ3) is 6.97. The maximum absolute atomic E-state index is 10.7. The summed E-state index contributed by atoms with van der Waals surface area (Å²) in [7, 11) is 0.833. The van der Waals surface area contributed by atoms with Crippen LogP contribution in [0.25, 0.3) is 0 Å². The summed E-state index contributed by atoms with van der Waals surface area (Å²) in [6.45, 7) is 11.0. The minimum absolute atomic E-state index is 0. The lowest BCUT2D eigenvalue weighted by atomic mass is 9.46. The van der Waals surface area contributed by atoms with E-state index < -0.39 is 6.30 Å². The molecule has 36 heavy (non-hydrogen) atoms. The van der Waals surface area contributed by atoms with Gasteiger partial charge in [-0.25, -0.2) is 5.32 Å². The van der Waals surface area contributed by atoms with E-state index in [1.165, 1.54) is 50.7 Å². The minimum atomic E-state index is -4.21. The van der Waals surface area contributed by atoms with Crippen LogP contribution in [0.15, 0.2) is 16.6 Å². The molecule has 7 unspecified atom stereocenters. The van der Waals surface area contributed by atoms with Crippen molar-refractivity contribution in [3.05, 3.63) is 11.6 Å². The second kappa shape index (κ2) is 13.5. The number of nitrogens with one attached hydrogen (secondary N) is 1. The highest BCUT2D eigenvalue weighted by Gasteiger charge is 2.59. The average Bonchev–Trinajstić information content (AvgIpc) is 3.18. The molecule has 0 bridgehead atoms. The van der Waals surface area contributed by atoms with Crippen molar-refractivity contribution in [2.75, 3.05) is 20.1 Å². The van der Waals surface area contributed by atoms with Crippen LogP contribution in [0.5, 0.6) is 0 Å². The smallest absolute Gasteiger partial charge is 0.389 e. The van der Waals surface area contributed by atoms with Gasteiger partial charge in [0, 0.05) is 18.2 Å². The van der Waals surface area contributed by atoms with Gasteiger partial charge in [0.1, 0.15) is 6.79 Å². The number of aliphatic hydroxyl groups excluding tert-OH is 1. The number of alkyl halides is 3. The number of halogens is 3. The zero-order chi connectivity index (χ0) is 26.4. The molecule has 0 amide bonds. The Morgan fingerprint density at radius 1 is 1.17 bits per heavy atom. The van der Waals surface area contributed by atoms with E-state index in [-0.39, 0.29) is 12.3 Å². The molecular formula is C27H49F3N4O2. The normalized spacial score (nSPS) is 37.4. The van der Waals surface area contributed by atoms with Crippen molar-refractivity contribution in [3.8, 4) is 0 Å². The number of aliphatic imine (C=N–C) groups is 1. The quantitative estimate of drug-likeness (QED) is 0.171. The van der Waals surface area contributed by atoms with Crippen LogP contribution in [0, 0.1) is 34.5 Å². The lowest BCUT2D eigenvalue weighted by Crippen LogP contribution is -2.51. The first-order valence-electron chi connectivity index (χ1n) is 13.1. The highest BCUT2D eigenvalue weighted by Crippen LogP contribution is 2.66. The van der Waals surface area contributed by atoms with Gasteiger partial charge in [-0.1, -0.05) is 25.5 Å². The molecule has 6 nitrogen and oxygen atoms in total. The van der Waals surface area contributed by atoms with Crippen LogP contribution in [0.4, 0.5) is 13.2 Å². The summed E-state index contributed by atoms with van der Waals surface area (Å²) in [5, 5.41) is 11.2. The van der Waals surface area contributed by atoms with E-state index in [9.17, 15) is 18.3 Å². The molecule has 0 heterocycles. The van der Waals surface area contributed by atoms with E-state index in [0.29, 0.717) is 16.7 Å². The fourth-order valence-electron chi connectivity index (χ4n) is 7.85. The molecule has 210 valence electrons. The topological polar surface area (TPSA) is 123 Å². The summed E-state index contributed by atoms with van der Waals surface area (Å²) in [5.41, 5.74) is 9.44. The number of hydrogen-bond acceptors (Lipinski definition) is 6. The summed E-state index contributed by atoms with van der Waals surface area (Å²) in [5.74, 6) is 3.25. The SMILES string of the molecule is C=O.CC(=NCCCN)C1CCC2C3CCC4=CC(O)CCC4(C)C3CCC12C.CNC(F)(F)F.N. The second-order valence-electron chi connectivity index (χ2n) is 11.2. The largest absolute Gasteiger partial charge is 0.457 e. The van der Waals surface area contributed by atoms with Crippen LogP contribution in [0.1, 0.15) is 78.6 Å². The molecule has 7 atom stereocenters. The third-order valence-electron chi connectivity index (χ3n) is 9.60. The maximum atomic E-state index is 10.7. The van der Waals surface area contributed by atoms with E-state index in [1.807, 2.05) is 6.79 Å². The Balaban J connectivity index is 0.000000635. The highest BCUT2D eigenvalue weighted by atomic mass is 19.4. The summed E-state index contributed by atoms with van der Waals surface area (Å²) in [6, 6.07) is 0. The summed E-state index contributed by atoms with van der Waals surface area (Å²) >= 11 is 0. The Labute approximate surface area is 215 Å². The van der Waals surface area contributed by atoms with Crippen molar-refractivity contribution >= 4 is 12.5 Å². The molecular weight excluding hydrogens is 469 g/mol. The molecule has 9 heteroatoms. The zero-order valence-corrected chi connectivity index (χ0v) is 22.7. The fourth-order valence-corrected chi connectivity index (χ4v) is 7.85. The van der Waals surface area contributed by atoms with E-state index >= 15 is 0 Å². The lowest BCUT2D eigenvalue weighted by molar-refractivity contribution is -0.151. The van der Waals surface area contributed by atoms with Crippen molar-refractivity contribution < 1.29 is 23.1 Å². The predicted octanol–water partition coefficient (Wildman–Crippen LogP) is 5.44. The average molecular weight is 519 g/mol. The predicted molar refractivity (Wildman–Crippen MR) is 140 cm³/mol. The van der Waals surface area contributed by atoms with Crippen LogP contribution in [-0.4, -0.2) is 50.1 Å². The van der Waals surface area contributed by atoms with Crippen molar-refractivity contribution in [3.63, 3.8) is 0 Å². The van der Waals surface area contributed by atoms with Crippen LogP contribution in [0.3, 0.4) is 0 Å². The first-order chi connectivity index (χ1) is 16.5. The van der Waals surface area contributed by atoms with Gasteiger partial charge in [0.15, 0.2) is 0 Å². The van der Waals surface area contributed by atoms with Crippen molar-refractivity contribution in [1.82, 2.24) is 11.5 Å². The molecule has 0 spiro atoms. The number of rotatable bonds is 4. The lowest BCUT2D eigenvalue weighted by Gasteiger charge is -2.58. The first-order valence-corrected chi connectivity index (χ1v) is 13.1. The first kappa shape index (κ1) is 32.7. The Hall–Kier alpha value is -1.29. The monoisotopic (exact) mass is 518 g/mol. The second-order valence-corrected chi connectivity index (χ2v) is 11.2. The Bertz CT molecular complexity index is 760. The number of carbonyl (C=O) groups is 1. The van der Waals surface area contributed by atoms with Crippen LogP contribution >= 0.6 is 0 Å². The molecule has 3 fully saturated rings. The van der Waals surface area contributed by atoms with Gasteiger partial charge in [-0.15, -0.1) is 0 Å². The number of fused-ring (bicyclic) bond motifs is 5. The van der Waals surface area contributed by atoms with Crippen molar-refractivity contribution in [1.29, 1.82) is 0 Å². The minimum Gasteiger partial charge on any atom is -0.389 e. The molecule has 0 aromatic rings. The number of allylic oxidation sites excluding steroid dienone is 1.